The summed E-state index contributed by atoms with van der Waals surface area (Å²) < 4.78 is 10.1. The van der Waals surface area contributed by atoms with Crippen molar-refractivity contribution >= 4 is 11.9 Å². The van der Waals surface area contributed by atoms with Crippen LogP contribution in [0.25, 0.3) is 0 Å². The Labute approximate surface area is 115 Å². The molecule has 0 N–H and O–H groups in total. The van der Waals surface area contributed by atoms with Crippen LogP contribution in [0.4, 0.5) is 0 Å². The standard InChI is InChI=1S/C15H26O4/c1-3-18-14(16)13(15(17)19-4-2)12-10-8-6-5-7-9-11-12/h12-13H,3-11H2,1-2H3. The molecule has 4 nitrogen and oxygen atoms in total. The number of esters is 2. The fourth-order valence-electron chi connectivity index (χ4n) is 2.77. The zero-order valence-electron chi connectivity index (χ0n) is 12.2. The third kappa shape index (κ3) is 5.21. The lowest BCUT2D eigenvalue weighted by Crippen LogP contribution is -2.35. The minimum absolute atomic E-state index is 0.0819. The predicted octanol–water partition coefficient (Wildman–Crippen LogP) is 3.09. The molecule has 1 saturated carbocycles. The van der Waals surface area contributed by atoms with Gasteiger partial charge in [-0.2, -0.15) is 0 Å². The van der Waals surface area contributed by atoms with E-state index in [0.29, 0.717) is 13.2 Å². The fourth-order valence-corrected chi connectivity index (χ4v) is 2.77. The number of hydrogen-bond donors (Lipinski definition) is 0. The Kier molecular flexibility index (Phi) is 7.53. The van der Waals surface area contributed by atoms with Crippen LogP contribution in [0, 0.1) is 11.8 Å². The van der Waals surface area contributed by atoms with Crippen LogP contribution in [0.3, 0.4) is 0 Å². The van der Waals surface area contributed by atoms with Gasteiger partial charge < -0.3 is 9.47 Å². The highest BCUT2D eigenvalue weighted by molar-refractivity contribution is 5.95. The van der Waals surface area contributed by atoms with Crippen molar-refractivity contribution in [3.05, 3.63) is 0 Å². The van der Waals surface area contributed by atoms with Crippen molar-refractivity contribution in [3.63, 3.8) is 0 Å². The molecule has 0 radical (unpaired) electrons. The topological polar surface area (TPSA) is 52.6 Å². The van der Waals surface area contributed by atoms with E-state index in [4.69, 9.17) is 9.47 Å². The van der Waals surface area contributed by atoms with E-state index in [1.807, 2.05) is 0 Å². The van der Waals surface area contributed by atoms with Gasteiger partial charge >= 0.3 is 11.9 Å². The molecule has 0 atom stereocenters. The van der Waals surface area contributed by atoms with E-state index < -0.39 is 17.9 Å². The maximum absolute atomic E-state index is 12.0. The van der Waals surface area contributed by atoms with Crippen LogP contribution in [0.1, 0.15) is 58.8 Å². The summed E-state index contributed by atoms with van der Waals surface area (Å²) in [4.78, 5) is 24.1. The second-order valence-electron chi connectivity index (χ2n) is 5.09. The molecule has 19 heavy (non-hydrogen) atoms. The number of ether oxygens (including phenoxy) is 2. The minimum atomic E-state index is -0.724. The van der Waals surface area contributed by atoms with E-state index in [-0.39, 0.29) is 5.92 Å². The summed E-state index contributed by atoms with van der Waals surface area (Å²) in [6.45, 7) is 4.14. The fraction of sp³-hybridized carbons (Fsp3) is 0.867. The van der Waals surface area contributed by atoms with Crippen molar-refractivity contribution in [2.75, 3.05) is 13.2 Å². The maximum atomic E-state index is 12.0. The largest absolute Gasteiger partial charge is 0.465 e. The van der Waals surface area contributed by atoms with E-state index in [9.17, 15) is 9.59 Å². The highest BCUT2D eigenvalue weighted by Gasteiger charge is 2.36. The molecule has 0 amide bonds. The Morgan fingerprint density at radius 3 is 1.74 bits per heavy atom. The molecule has 4 heteroatoms. The molecule has 0 saturated heterocycles. The van der Waals surface area contributed by atoms with E-state index in [0.717, 1.165) is 25.7 Å². The van der Waals surface area contributed by atoms with Gasteiger partial charge in [0.15, 0.2) is 5.92 Å². The molecule has 0 unspecified atom stereocenters. The highest BCUT2D eigenvalue weighted by Crippen LogP contribution is 2.30. The molecule has 0 heterocycles. The number of carbonyl (C=O) groups excluding carboxylic acids is 2. The summed E-state index contributed by atoms with van der Waals surface area (Å²) in [5, 5.41) is 0. The van der Waals surface area contributed by atoms with Crippen LogP contribution >= 0.6 is 0 Å². The molecule has 1 aliphatic carbocycles. The van der Waals surface area contributed by atoms with Gasteiger partial charge in [-0.15, -0.1) is 0 Å². The molecule has 0 bridgehead atoms. The molecule has 0 aromatic heterocycles. The first-order valence-electron chi connectivity index (χ1n) is 7.54. The normalized spacial score (nSPS) is 17.6. The second kappa shape index (κ2) is 8.94. The lowest BCUT2D eigenvalue weighted by Gasteiger charge is -2.25. The third-order valence-corrected chi connectivity index (χ3v) is 3.70. The minimum Gasteiger partial charge on any atom is -0.465 e. The Morgan fingerprint density at radius 1 is 0.895 bits per heavy atom. The molecular formula is C15H26O4. The van der Waals surface area contributed by atoms with Gasteiger partial charge in [-0.05, 0) is 32.6 Å². The zero-order chi connectivity index (χ0) is 14.1. The summed E-state index contributed by atoms with van der Waals surface area (Å²) >= 11 is 0. The van der Waals surface area contributed by atoms with Gasteiger partial charge in [0.05, 0.1) is 13.2 Å². The average molecular weight is 270 g/mol. The Morgan fingerprint density at radius 2 is 1.32 bits per heavy atom. The van der Waals surface area contributed by atoms with Crippen molar-refractivity contribution in [1.82, 2.24) is 0 Å². The van der Waals surface area contributed by atoms with Crippen molar-refractivity contribution in [2.45, 2.75) is 58.8 Å². The van der Waals surface area contributed by atoms with Gasteiger partial charge in [-0.1, -0.05) is 32.1 Å². The molecule has 0 aromatic carbocycles. The second-order valence-corrected chi connectivity index (χ2v) is 5.09. The summed E-state index contributed by atoms with van der Waals surface area (Å²) in [6, 6.07) is 0. The van der Waals surface area contributed by atoms with Crippen LogP contribution in [0.2, 0.25) is 0 Å². The summed E-state index contributed by atoms with van der Waals surface area (Å²) in [7, 11) is 0. The molecule has 0 aliphatic heterocycles. The first-order chi connectivity index (χ1) is 9.20. The molecule has 1 aliphatic rings. The monoisotopic (exact) mass is 270 g/mol. The SMILES string of the molecule is CCOC(=O)C(C(=O)OCC)C1CCCCCCC1. The number of rotatable bonds is 5. The molecule has 110 valence electrons. The van der Waals surface area contributed by atoms with E-state index in [2.05, 4.69) is 0 Å². The quantitative estimate of drug-likeness (QED) is 0.569. The summed E-state index contributed by atoms with van der Waals surface area (Å²) in [5.41, 5.74) is 0. The van der Waals surface area contributed by atoms with E-state index in [1.54, 1.807) is 13.8 Å². The van der Waals surface area contributed by atoms with Crippen LogP contribution in [0.5, 0.6) is 0 Å². The summed E-state index contributed by atoms with van der Waals surface area (Å²) in [5.74, 6) is -1.46. The van der Waals surface area contributed by atoms with Crippen LogP contribution in [-0.2, 0) is 19.1 Å². The first-order valence-corrected chi connectivity index (χ1v) is 7.54. The van der Waals surface area contributed by atoms with Gasteiger partial charge in [-0.3, -0.25) is 9.59 Å². The lowest BCUT2D eigenvalue weighted by atomic mass is 9.81. The van der Waals surface area contributed by atoms with E-state index in [1.165, 1.54) is 19.3 Å². The van der Waals surface area contributed by atoms with Crippen LogP contribution in [-0.4, -0.2) is 25.2 Å². The van der Waals surface area contributed by atoms with Crippen molar-refractivity contribution < 1.29 is 19.1 Å². The number of hydrogen-bond acceptors (Lipinski definition) is 4. The number of carbonyl (C=O) groups is 2. The average Bonchev–Trinajstić information content (AvgIpc) is 2.32. The van der Waals surface area contributed by atoms with Crippen molar-refractivity contribution in [1.29, 1.82) is 0 Å². The van der Waals surface area contributed by atoms with Crippen molar-refractivity contribution in [3.8, 4) is 0 Å². The van der Waals surface area contributed by atoms with Gasteiger partial charge in [-0.25, -0.2) is 0 Å². The van der Waals surface area contributed by atoms with Crippen LogP contribution < -0.4 is 0 Å². The third-order valence-electron chi connectivity index (χ3n) is 3.70. The van der Waals surface area contributed by atoms with Gasteiger partial charge in [0.25, 0.3) is 0 Å². The Bertz CT molecular complexity index is 262. The van der Waals surface area contributed by atoms with Gasteiger partial charge in [0.1, 0.15) is 0 Å². The zero-order valence-corrected chi connectivity index (χ0v) is 12.2. The summed E-state index contributed by atoms with van der Waals surface area (Å²) in [6.07, 6.45) is 7.64. The maximum Gasteiger partial charge on any atom is 0.320 e. The van der Waals surface area contributed by atoms with Gasteiger partial charge in [0.2, 0.25) is 0 Å². The molecular weight excluding hydrogens is 244 g/mol. The first kappa shape index (κ1) is 16.0. The van der Waals surface area contributed by atoms with Crippen molar-refractivity contribution in [2.24, 2.45) is 11.8 Å². The predicted molar refractivity (Wildman–Crippen MR) is 72.6 cm³/mol. The molecule has 0 spiro atoms. The smallest absolute Gasteiger partial charge is 0.320 e. The van der Waals surface area contributed by atoms with Crippen LogP contribution in [0.15, 0.2) is 0 Å². The highest BCUT2D eigenvalue weighted by atomic mass is 16.6. The molecule has 1 fully saturated rings. The Hall–Kier alpha value is -1.06. The van der Waals surface area contributed by atoms with E-state index >= 15 is 0 Å². The molecule has 0 aromatic rings. The molecule has 1 rings (SSSR count). The van der Waals surface area contributed by atoms with Gasteiger partial charge in [0, 0.05) is 0 Å². The lowest BCUT2D eigenvalue weighted by molar-refractivity contribution is -0.164. The Balaban J connectivity index is 2.74.